The van der Waals surface area contributed by atoms with Crippen LogP contribution in [0.3, 0.4) is 0 Å². The number of hydrogen-bond donors (Lipinski definition) is 4. The molecule has 1 aliphatic heterocycles. The summed E-state index contributed by atoms with van der Waals surface area (Å²) < 4.78 is 1.10. The van der Waals surface area contributed by atoms with Gasteiger partial charge >= 0.3 is 5.69 Å². The van der Waals surface area contributed by atoms with Crippen LogP contribution in [0.2, 0.25) is 10.0 Å². The molecule has 1 atom stereocenters. The third kappa shape index (κ3) is 4.68. The predicted molar refractivity (Wildman–Crippen MR) is 136 cm³/mol. The highest BCUT2D eigenvalue weighted by atomic mass is 35.5. The van der Waals surface area contributed by atoms with E-state index in [2.05, 4.69) is 37.3 Å². The van der Waals surface area contributed by atoms with E-state index in [1.54, 1.807) is 25.1 Å². The molecular weight excluding hydrogens is 489 g/mol. The number of aliphatic hydroxyl groups is 1. The number of anilines is 2. The van der Waals surface area contributed by atoms with Crippen LogP contribution in [0, 0.1) is 5.41 Å². The number of halogens is 2. The number of nitrogens with one attached hydrogen (secondary N) is 3. The van der Waals surface area contributed by atoms with E-state index >= 15 is 0 Å². The van der Waals surface area contributed by atoms with Crippen molar-refractivity contribution in [3.63, 3.8) is 0 Å². The van der Waals surface area contributed by atoms with Crippen LogP contribution < -0.4 is 16.5 Å². The van der Waals surface area contributed by atoms with Crippen molar-refractivity contribution in [2.75, 3.05) is 18.4 Å². The van der Waals surface area contributed by atoms with Gasteiger partial charge < -0.3 is 10.4 Å². The number of para-hydroxylation sites is 1. The second kappa shape index (κ2) is 9.43. The number of benzene rings is 2. The molecular formula is C24H23Cl2N7O2. The van der Waals surface area contributed by atoms with Gasteiger partial charge in [0.25, 0.3) is 0 Å². The molecule has 5 rings (SSSR count). The van der Waals surface area contributed by atoms with E-state index in [1.165, 1.54) is 17.3 Å². The van der Waals surface area contributed by atoms with Crippen LogP contribution in [0.1, 0.15) is 18.1 Å². The predicted octanol–water partition coefficient (Wildman–Crippen LogP) is 3.38. The highest BCUT2D eigenvalue weighted by molar-refractivity contribution is 6.37. The molecule has 9 nitrogen and oxygen atoms in total. The van der Waals surface area contributed by atoms with Gasteiger partial charge in [-0.15, -0.1) is 0 Å². The van der Waals surface area contributed by atoms with Crippen molar-refractivity contribution in [2.45, 2.75) is 26.0 Å². The van der Waals surface area contributed by atoms with Crippen LogP contribution in [0.15, 0.2) is 47.4 Å². The fraction of sp³-hybridized carbons (Fsp3) is 0.250. The molecule has 1 aliphatic rings. The molecule has 0 amide bonds. The Hall–Kier alpha value is -3.24. The van der Waals surface area contributed by atoms with Crippen molar-refractivity contribution in [3.8, 4) is 5.69 Å². The lowest BCUT2D eigenvalue weighted by Crippen LogP contribution is -2.35. The van der Waals surface area contributed by atoms with E-state index in [9.17, 15) is 9.90 Å². The Labute approximate surface area is 210 Å². The number of rotatable bonds is 5. The molecule has 0 spiro atoms. The maximum Gasteiger partial charge on any atom is 0.333 e. The molecule has 0 radical (unpaired) electrons. The Morgan fingerprint density at radius 2 is 2.00 bits per heavy atom. The van der Waals surface area contributed by atoms with Gasteiger partial charge in [0.05, 0.1) is 27.2 Å². The molecule has 0 fully saturated rings. The van der Waals surface area contributed by atoms with Crippen LogP contribution in [0.5, 0.6) is 0 Å². The van der Waals surface area contributed by atoms with Crippen molar-refractivity contribution in [1.82, 2.24) is 24.4 Å². The Morgan fingerprint density at radius 1 is 1.23 bits per heavy atom. The number of β-amino-alcohol motifs (C(OH)–C–C–N with tert-alkyl or cyclic N) is 1. The van der Waals surface area contributed by atoms with E-state index in [0.29, 0.717) is 17.9 Å². The number of H-pyrrole nitrogens is 1. The molecule has 180 valence electrons. The van der Waals surface area contributed by atoms with Gasteiger partial charge in [0.1, 0.15) is 5.49 Å². The minimum atomic E-state index is -0.585. The van der Waals surface area contributed by atoms with Gasteiger partial charge in [-0.05, 0) is 48.7 Å². The van der Waals surface area contributed by atoms with Gasteiger partial charge in [-0.3, -0.25) is 15.3 Å². The summed E-state index contributed by atoms with van der Waals surface area (Å²) in [4.78, 5) is 26.6. The lowest BCUT2D eigenvalue weighted by atomic mass is 9.99. The van der Waals surface area contributed by atoms with Crippen molar-refractivity contribution >= 4 is 45.9 Å². The quantitative estimate of drug-likeness (QED) is 0.325. The molecule has 2 aromatic heterocycles. The normalized spacial score (nSPS) is 14.6. The Balaban J connectivity index is 1.44. The third-order valence-electron chi connectivity index (χ3n) is 5.93. The average molecular weight is 512 g/mol. The first kappa shape index (κ1) is 23.5. The molecule has 0 saturated carbocycles. The molecule has 0 unspecified atom stereocenters. The summed E-state index contributed by atoms with van der Waals surface area (Å²) in [7, 11) is 0. The van der Waals surface area contributed by atoms with E-state index in [0.717, 1.165) is 29.8 Å². The zero-order chi connectivity index (χ0) is 24.7. The van der Waals surface area contributed by atoms with E-state index in [-0.39, 0.29) is 33.0 Å². The second-order valence-electron chi connectivity index (χ2n) is 8.58. The molecule has 3 heterocycles. The number of aromatic nitrogens is 4. The lowest BCUT2D eigenvalue weighted by Gasteiger charge is -2.29. The standard InChI is InChI=1S/C24H23Cl2N7O2/c1-13(34)11-32-8-7-14-9-16(6-5-15(14)12-32)29-23-28-10-17-21(27)33(24(35)31-22(17)30-23)20-18(25)3-2-4-19(20)26/h2-6,9-10,13,27,34H,7-8,11-12H2,1H3,(H2,28,29,30,31,35)/t13-/m0/s1. The highest BCUT2D eigenvalue weighted by Gasteiger charge is 2.18. The average Bonchev–Trinajstić information content (AvgIpc) is 2.80. The van der Waals surface area contributed by atoms with Gasteiger partial charge in [-0.1, -0.05) is 35.3 Å². The van der Waals surface area contributed by atoms with Gasteiger partial charge in [0, 0.05) is 31.5 Å². The van der Waals surface area contributed by atoms with Crippen LogP contribution >= 0.6 is 23.2 Å². The first-order chi connectivity index (χ1) is 16.8. The lowest BCUT2D eigenvalue weighted by molar-refractivity contribution is 0.119. The topological polar surface area (TPSA) is 123 Å². The summed E-state index contributed by atoms with van der Waals surface area (Å²) in [6, 6.07) is 11.0. The van der Waals surface area contributed by atoms with Gasteiger partial charge in [0.2, 0.25) is 5.95 Å². The summed E-state index contributed by atoms with van der Waals surface area (Å²) in [5.74, 6) is 0.299. The highest BCUT2D eigenvalue weighted by Crippen LogP contribution is 2.27. The van der Waals surface area contributed by atoms with E-state index in [1.807, 2.05) is 6.07 Å². The molecule has 4 N–H and O–H groups in total. The molecule has 11 heteroatoms. The van der Waals surface area contributed by atoms with Gasteiger partial charge in [-0.25, -0.2) is 14.3 Å². The summed E-state index contributed by atoms with van der Waals surface area (Å²) in [5.41, 5.74) is 3.04. The van der Waals surface area contributed by atoms with Crippen LogP contribution in [0.4, 0.5) is 11.6 Å². The smallest absolute Gasteiger partial charge is 0.333 e. The SMILES string of the molecule is C[C@H](O)CN1CCc2cc(Nc3ncc4c(=N)n(-c5c(Cl)cccc5Cl)c(=O)[nH]c4n3)ccc2C1. The van der Waals surface area contributed by atoms with Gasteiger partial charge in [-0.2, -0.15) is 4.98 Å². The number of nitrogens with zero attached hydrogens (tertiary/aromatic N) is 4. The van der Waals surface area contributed by atoms with E-state index in [4.69, 9.17) is 28.6 Å². The van der Waals surface area contributed by atoms with Crippen molar-refractivity contribution in [2.24, 2.45) is 0 Å². The number of fused-ring (bicyclic) bond motifs is 2. The molecule has 35 heavy (non-hydrogen) atoms. The Kier molecular flexibility index (Phi) is 6.33. The van der Waals surface area contributed by atoms with Crippen LogP contribution in [-0.2, 0) is 13.0 Å². The summed E-state index contributed by atoms with van der Waals surface area (Å²) in [6.45, 7) is 4.14. The zero-order valence-electron chi connectivity index (χ0n) is 18.8. The first-order valence-electron chi connectivity index (χ1n) is 11.1. The second-order valence-corrected chi connectivity index (χ2v) is 9.40. The zero-order valence-corrected chi connectivity index (χ0v) is 20.4. The van der Waals surface area contributed by atoms with Crippen molar-refractivity contribution in [3.05, 3.63) is 79.7 Å². The Morgan fingerprint density at radius 3 is 2.74 bits per heavy atom. The largest absolute Gasteiger partial charge is 0.392 e. The minimum Gasteiger partial charge on any atom is -0.392 e. The maximum atomic E-state index is 12.9. The first-order valence-corrected chi connectivity index (χ1v) is 11.9. The summed E-state index contributed by atoms with van der Waals surface area (Å²) in [6.07, 6.45) is 2.02. The molecule has 4 aromatic rings. The van der Waals surface area contributed by atoms with E-state index < -0.39 is 5.69 Å². The van der Waals surface area contributed by atoms with Crippen LogP contribution in [-0.4, -0.2) is 48.7 Å². The minimum absolute atomic E-state index is 0.124. The molecule has 0 saturated heterocycles. The number of aliphatic hydroxyl groups excluding tert-OH is 1. The van der Waals surface area contributed by atoms with Gasteiger partial charge in [0.15, 0.2) is 5.65 Å². The maximum absolute atomic E-state index is 12.9. The number of hydrogen-bond acceptors (Lipinski definition) is 7. The monoisotopic (exact) mass is 511 g/mol. The van der Waals surface area contributed by atoms with Crippen molar-refractivity contribution < 1.29 is 5.11 Å². The van der Waals surface area contributed by atoms with Crippen molar-refractivity contribution in [1.29, 1.82) is 5.41 Å². The molecule has 0 bridgehead atoms. The third-order valence-corrected chi connectivity index (χ3v) is 6.54. The molecule has 0 aliphatic carbocycles. The fourth-order valence-corrected chi connectivity index (χ4v) is 4.92. The van der Waals surface area contributed by atoms with Crippen LogP contribution in [0.25, 0.3) is 16.7 Å². The molecule has 2 aromatic carbocycles. The Bertz CT molecular complexity index is 1530. The summed E-state index contributed by atoms with van der Waals surface area (Å²) in [5, 5.41) is 22.3. The number of aromatic amines is 1. The fourth-order valence-electron chi connectivity index (χ4n) is 4.35. The summed E-state index contributed by atoms with van der Waals surface area (Å²) >= 11 is 12.5.